The lowest BCUT2D eigenvalue weighted by Crippen LogP contribution is -2.27. The van der Waals surface area contributed by atoms with Crippen LogP contribution in [-0.2, 0) is 16.8 Å². The molecule has 27 heavy (non-hydrogen) atoms. The van der Waals surface area contributed by atoms with Crippen molar-refractivity contribution in [3.8, 4) is 0 Å². The van der Waals surface area contributed by atoms with Gasteiger partial charge in [-0.05, 0) is 23.8 Å². The number of ketones is 1. The van der Waals surface area contributed by atoms with E-state index in [1.165, 1.54) is 16.5 Å². The second-order valence-electron chi connectivity index (χ2n) is 7.39. The van der Waals surface area contributed by atoms with Gasteiger partial charge in [0.15, 0.2) is 5.78 Å². The first-order chi connectivity index (χ1) is 12.9. The fraction of sp³-hybridized carbons (Fsp3) is 0.227. The number of rotatable bonds is 3. The molecule has 0 amide bonds. The third kappa shape index (κ3) is 2.76. The van der Waals surface area contributed by atoms with Gasteiger partial charge >= 0.3 is 0 Å². The van der Waals surface area contributed by atoms with E-state index >= 15 is 0 Å². The fourth-order valence-corrected chi connectivity index (χ4v) is 3.84. The van der Waals surface area contributed by atoms with Crippen molar-refractivity contribution in [1.29, 1.82) is 0 Å². The Balaban J connectivity index is 1.67. The van der Waals surface area contributed by atoms with Crippen LogP contribution in [0.25, 0.3) is 10.9 Å². The highest BCUT2D eigenvalue weighted by Crippen LogP contribution is 2.46. The Morgan fingerprint density at radius 3 is 2.59 bits per heavy atom. The summed E-state index contributed by atoms with van der Waals surface area (Å²) in [6, 6.07) is 15.3. The minimum atomic E-state index is -0.270. The molecule has 2 heterocycles. The minimum Gasteiger partial charge on any atom is -0.347 e. The second-order valence-corrected chi connectivity index (χ2v) is 7.39. The summed E-state index contributed by atoms with van der Waals surface area (Å²) in [4.78, 5) is 31.7. The van der Waals surface area contributed by atoms with Crippen molar-refractivity contribution >= 4 is 22.4 Å². The summed E-state index contributed by atoms with van der Waals surface area (Å²) in [5.74, 6) is -0.128. The van der Waals surface area contributed by atoms with Gasteiger partial charge in [0.05, 0.1) is 23.8 Å². The smallest absolute Gasteiger partial charge is 0.261 e. The number of carbonyl (C=O) groups excluding carboxylic acids is 1. The van der Waals surface area contributed by atoms with Gasteiger partial charge in [0.1, 0.15) is 0 Å². The zero-order chi connectivity index (χ0) is 19.2. The SMILES string of the molecule is CN1C(=CC(=O)Cn2cnc3ccccc3c2=O)C(C)(C)c2ccccc21. The molecule has 0 saturated carbocycles. The number of nitrogens with zero attached hydrogens (tertiary/aromatic N) is 3. The number of hydrogen-bond acceptors (Lipinski definition) is 4. The van der Waals surface area contributed by atoms with Crippen LogP contribution in [-0.4, -0.2) is 22.4 Å². The topological polar surface area (TPSA) is 55.2 Å². The zero-order valence-electron chi connectivity index (χ0n) is 15.6. The van der Waals surface area contributed by atoms with Gasteiger partial charge < -0.3 is 4.90 Å². The lowest BCUT2D eigenvalue weighted by atomic mass is 9.83. The molecule has 0 atom stereocenters. The number of para-hydroxylation sites is 2. The Bertz CT molecular complexity index is 1140. The van der Waals surface area contributed by atoms with Crippen LogP contribution in [0.2, 0.25) is 0 Å². The second kappa shape index (κ2) is 6.20. The largest absolute Gasteiger partial charge is 0.347 e. The number of anilines is 1. The Kier molecular flexibility index (Phi) is 3.95. The van der Waals surface area contributed by atoms with E-state index in [9.17, 15) is 9.59 Å². The molecule has 1 aliphatic heterocycles. The number of carbonyl (C=O) groups is 1. The van der Waals surface area contributed by atoms with Crippen molar-refractivity contribution in [2.75, 3.05) is 11.9 Å². The van der Waals surface area contributed by atoms with Gasteiger partial charge in [-0.3, -0.25) is 14.2 Å². The Morgan fingerprint density at radius 2 is 1.81 bits per heavy atom. The molecule has 3 aromatic rings. The monoisotopic (exact) mass is 359 g/mol. The molecule has 0 radical (unpaired) electrons. The number of hydrogen-bond donors (Lipinski definition) is 0. The molecule has 5 heteroatoms. The quantitative estimate of drug-likeness (QED) is 0.674. The fourth-order valence-electron chi connectivity index (χ4n) is 3.84. The Morgan fingerprint density at radius 1 is 1.11 bits per heavy atom. The molecular formula is C22H21N3O2. The number of aromatic nitrogens is 2. The van der Waals surface area contributed by atoms with Crippen molar-refractivity contribution in [3.05, 3.63) is 82.5 Å². The summed E-state index contributed by atoms with van der Waals surface area (Å²) in [5.41, 5.74) is 3.39. The summed E-state index contributed by atoms with van der Waals surface area (Å²) in [5, 5.41) is 0.520. The number of benzene rings is 2. The summed E-state index contributed by atoms with van der Waals surface area (Å²) in [7, 11) is 1.97. The van der Waals surface area contributed by atoms with E-state index < -0.39 is 0 Å². The van der Waals surface area contributed by atoms with E-state index in [4.69, 9.17) is 0 Å². The lowest BCUT2D eigenvalue weighted by Gasteiger charge is -2.24. The van der Waals surface area contributed by atoms with Crippen molar-refractivity contribution in [2.45, 2.75) is 25.8 Å². The first-order valence-corrected chi connectivity index (χ1v) is 8.92. The predicted octanol–water partition coefficient (Wildman–Crippen LogP) is 3.28. The molecular weight excluding hydrogens is 338 g/mol. The number of allylic oxidation sites excluding steroid dienone is 2. The average molecular weight is 359 g/mol. The summed E-state index contributed by atoms with van der Waals surface area (Å²) >= 11 is 0. The highest BCUT2D eigenvalue weighted by atomic mass is 16.1. The van der Waals surface area contributed by atoms with Crippen molar-refractivity contribution in [2.24, 2.45) is 0 Å². The van der Waals surface area contributed by atoms with E-state index in [1.54, 1.807) is 24.3 Å². The summed E-state index contributed by atoms with van der Waals surface area (Å²) < 4.78 is 1.37. The first-order valence-electron chi connectivity index (χ1n) is 8.92. The van der Waals surface area contributed by atoms with Gasteiger partial charge in [-0.15, -0.1) is 0 Å². The van der Waals surface area contributed by atoms with Crippen LogP contribution >= 0.6 is 0 Å². The highest BCUT2D eigenvalue weighted by molar-refractivity contribution is 5.92. The number of fused-ring (bicyclic) bond motifs is 2. The summed E-state index contributed by atoms with van der Waals surface area (Å²) in [6.07, 6.45) is 3.10. The summed E-state index contributed by atoms with van der Waals surface area (Å²) in [6.45, 7) is 4.19. The molecule has 0 aliphatic carbocycles. The van der Waals surface area contributed by atoms with E-state index in [0.29, 0.717) is 10.9 Å². The van der Waals surface area contributed by atoms with E-state index in [2.05, 4.69) is 35.9 Å². The van der Waals surface area contributed by atoms with E-state index in [-0.39, 0.29) is 23.3 Å². The molecule has 5 nitrogen and oxygen atoms in total. The standard InChI is InChI=1S/C22H21N3O2/c1-22(2)17-9-5-7-11-19(17)24(3)20(22)12-15(26)13-25-14-23-18-10-6-4-8-16(18)21(25)27/h4-12,14H,13H2,1-3H3. The maximum absolute atomic E-state index is 12.8. The average Bonchev–Trinajstić information content (AvgIpc) is 2.85. The molecule has 0 bridgehead atoms. The van der Waals surface area contributed by atoms with Crippen LogP contribution < -0.4 is 10.5 Å². The van der Waals surface area contributed by atoms with Gasteiger partial charge in [0.2, 0.25) is 0 Å². The molecule has 2 aromatic carbocycles. The van der Waals surface area contributed by atoms with Crippen LogP contribution in [0.1, 0.15) is 19.4 Å². The molecule has 0 spiro atoms. The van der Waals surface area contributed by atoms with Gasteiger partial charge in [-0.1, -0.05) is 44.2 Å². The normalized spacial score (nSPS) is 16.7. The van der Waals surface area contributed by atoms with Crippen LogP contribution in [0, 0.1) is 0 Å². The molecule has 0 fully saturated rings. The van der Waals surface area contributed by atoms with Gasteiger partial charge in [0.25, 0.3) is 5.56 Å². The molecule has 1 aromatic heterocycles. The highest BCUT2D eigenvalue weighted by Gasteiger charge is 2.38. The number of likely N-dealkylation sites (N-methyl/N-ethyl adjacent to an activating group) is 1. The molecule has 0 saturated heterocycles. The van der Waals surface area contributed by atoms with Gasteiger partial charge in [-0.25, -0.2) is 4.98 Å². The first kappa shape index (κ1) is 17.2. The predicted molar refractivity (Wildman–Crippen MR) is 107 cm³/mol. The van der Waals surface area contributed by atoms with Gasteiger partial charge in [0, 0.05) is 29.9 Å². The van der Waals surface area contributed by atoms with Crippen LogP contribution in [0.5, 0.6) is 0 Å². The lowest BCUT2D eigenvalue weighted by molar-refractivity contribution is -0.115. The molecule has 136 valence electrons. The Labute approximate surface area is 157 Å². The van der Waals surface area contributed by atoms with Crippen molar-refractivity contribution in [3.63, 3.8) is 0 Å². The molecule has 1 aliphatic rings. The maximum Gasteiger partial charge on any atom is 0.261 e. The minimum absolute atomic E-state index is 0.0273. The maximum atomic E-state index is 12.8. The van der Waals surface area contributed by atoms with Crippen LogP contribution in [0.3, 0.4) is 0 Å². The van der Waals surface area contributed by atoms with Crippen molar-refractivity contribution < 1.29 is 4.79 Å². The Hall–Kier alpha value is -3.21. The van der Waals surface area contributed by atoms with Crippen molar-refractivity contribution in [1.82, 2.24) is 9.55 Å². The zero-order valence-corrected chi connectivity index (χ0v) is 15.6. The third-order valence-corrected chi connectivity index (χ3v) is 5.30. The van der Waals surface area contributed by atoms with Gasteiger partial charge in [-0.2, -0.15) is 0 Å². The van der Waals surface area contributed by atoms with E-state index in [0.717, 1.165) is 11.4 Å². The van der Waals surface area contributed by atoms with Crippen LogP contribution in [0.4, 0.5) is 5.69 Å². The molecule has 0 unspecified atom stereocenters. The molecule has 0 N–H and O–H groups in total. The van der Waals surface area contributed by atoms with Crippen LogP contribution in [0.15, 0.2) is 71.4 Å². The third-order valence-electron chi connectivity index (χ3n) is 5.30. The van der Waals surface area contributed by atoms with E-state index in [1.807, 2.05) is 25.2 Å². The molecule has 4 rings (SSSR count).